The van der Waals surface area contributed by atoms with Gasteiger partial charge < -0.3 is 14.2 Å². The second-order valence-corrected chi connectivity index (χ2v) is 4.84. The maximum absolute atomic E-state index is 5.61. The van der Waals surface area contributed by atoms with Crippen LogP contribution in [0.25, 0.3) is 0 Å². The molecule has 0 bridgehead atoms. The third kappa shape index (κ3) is 9.58. The lowest BCUT2D eigenvalue weighted by Gasteiger charge is -2.17. The van der Waals surface area contributed by atoms with Crippen LogP contribution in [0.15, 0.2) is 0 Å². The highest BCUT2D eigenvalue weighted by molar-refractivity contribution is 9.09. The van der Waals surface area contributed by atoms with E-state index in [1.165, 1.54) is 0 Å². The second kappa shape index (κ2) is 11.8. The fourth-order valence-electron chi connectivity index (χ4n) is 1.16. The zero-order chi connectivity index (χ0) is 12.2. The molecule has 0 spiro atoms. The third-order valence-electron chi connectivity index (χ3n) is 2.48. The Labute approximate surface area is 108 Å². The number of rotatable bonds is 11. The first-order chi connectivity index (χ1) is 7.72. The summed E-state index contributed by atoms with van der Waals surface area (Å²) in [5.74, 6) is 1.27. The van der Waals surface area contributed by atoms with Gasteiger partial charge in [0.15, 0.2) is 0 Å². The normalized spacial score (nSPS) is 13.3. The van der Waals surface area contributed by atoms with E-state index in [1.54, 1.807) is 7.11 Å². The summed E-state index contributed by atoms with van der Waals surface area (Å²) in [7, 11) is 1.68. The van der Waals surface area contributed by atoms with E-state index in [0.717, 1.165) is 31.6 Å². The molecule has 0 aromatic carbocycles. The molecule has 0 heterocycles. The van der Waals surface area contributed by atoms with Crippen LogP contribution in [0.5, 0.6) is 0 Å². The van der Waals surface area contributed by atoms with Crippen LogP contribution in [0, 0.1) is 11.8 Å². The van der Waals surface area contributed by atoms with Gasteiger partial charge >= 0.3 is 0 Å². The van der Waals surface area contributed by atoms with Crippen molar-refractivity contribution >= 4 is 15.9 Å². The molecule has 4 heteroatoms. The van der Waals surface area contributed by atoms with Gasteiger partial charge in [0.2, 0.25) is 0 Å². The van der Waals surface area contributed by atoms with Gasteiger partial charge in [0.1, 0.15) is 0 Å². The van der Waals surface area contributed by atoms with E-state index in [0.29, 0.717) is 25.0 Å². The molecule has 0 saturated heterocycles. The summed E-state index contributed by atoms with van der Waals surface area (Å²) in [5.41, 5.74) is 0. The molecule has 0 aliphatic carbocycles. The van der Waals surface area contributed by atoms with Crippen LogP contribution in [-0.2, 0) is 14.2 Å². The fraction of sp³-hybridized carbons (Fsp3) is 1.00. The zero-order valence-electron chi connectivity index (χ0n) is 10.7. The quantitative estimate of drug-likeness (QED) is 0.433. The van der Waals surface area contributed by atoms with E-state index in [4.69, 9.17) is 14.2 Å². The molecule has 0 aromatic heterocycles. The summed E-state index contributed by atoms with van der Waals surface area (Å²) in [5, 5.41) is 1.01. The van der Waals surface area contributed by atoms with Crippen molar-refractivity contribution in [1.29, 1.82) is 0 Å². The molecule has 0 N–H and O–H groups in total. The van der Waals surface area contributed by atoms with Crippen molar-refractivity contribution in [3.8, 4) is 0 Å². The second-order valence-electron chi connectivity index (χ2n) is 4.19. The lowest BCUT2D eigenvalue weighted by molar-refractivity contribution is 0.0426. The highest BCUT2D eigenvalue weighted by Gasteiger charge is 2.11. The molecule has 0 amide bonds. The monoisotopic (exact) mass is 296 g/mol. The van der Waals surface area contributed by atoms with Gasteiger partial charge in [-0.25, -0.2) is 0 Å². The van der Waals surface area contributed by atoms with Crippen LogP contribution in [-0.4, -0.2) is 45.5 Å². The number of alkyl halides is 1. The summed E-state index contributed by atoms with van der Waals surface area (Å²) >= 11 is 3.51. The first-order valence-electron chi connectivity index (χ1n) is 5.92. The van der Waals surface area contributed by atoms with Crippen molar-refractivity contribution in [1.82, 2.24) is 0 Å². The van der Waals surface area contributed by atoms with Crippen molar-refractivity contribution in [2.24, 2.45) is 11.8 Å². The molecule has 0 aliphatic heterocycles. The zero-order valence-corrected chi connectivity index (χ0v) is 12.3. The van der Waals surface area contributed by atoms with Crippen LogP contribution >= 0.6 is 15.9 Å². The minimum absolute atomic E-state index is 0.606. The van der Waals surface area contributed by atoms with E-state index in [9.17, 15) is 0 Å². The van der Waals surface area contributed by atoms with Crippen molar-refractivity contribution in [2.75, 3.05) is 45.5 Å². The number of hydrogen-bond donors (Lipinski definition) is 0. The standard InChI is InChI=1S/C12H25BrO3/c1-11(2)12(9-13)10-16-6-4-5-15-8-7-14-3/h11-12H,4-10H2,1-3H3. The molecular weight excluding hydrogens is 272 g/mol. The molecule has 1 atom stereocenters. The average molecular weight is 297 g/mol. The Morgan fingerprint density at radius 2 is 1.69 bits per heavy atom. The summed E-state index contributed by atoms with van der Waals surface area (Å²) in [6.45, 7) is 8.16. The molecule has 0 rings (SSSR count). The van der Waals surface area contributed by atoms with Gasteiger partial charge in [-0.1, -0.05) is 29.8 Å². The summed E-state index contributed by atoms with van der Waals surface area (Å²) < 4.78 is 15.8. The molecule has 0 aliphatic rings. The van der Waals surface area contributed by atoms with Crippen LogP contribution in [0.4, 0.5) is 0 Å². The van der Waals surface area contributed by atoms with Crippen LogP contribution in [0.1, 0.15) is 20.3 Å². The van der Waals surface area contributed by atoms with E-state index in [-0.39, 0.29) is 0 Å². The largest absolute Gasteiger partial charge is 0.382 e. The molecule has 0 radical (unpaired) electrons. The topological polar surface area (TPSA) is 27.7 Å². The van der Waals surface area contributed by atoms with Crippen LogP contribution in [0.3, 0.4) is 0 Å². The van der Waals surface area contributed by atoms with E-state index < -0.39 is 0 Å². The molecule has 1 unspecified atom stereocenters. The Balaban J connectivity index is 3.19. The Morgan fingerprint density at radius 1 is 1.00 bits per heavy atom. The predicted molar refractivity (Wildman–Crippen MR) is 70.3 cm³/mol. The minimum Gasteiger partial charge on any atom is -0.382 e. The molecular formula is C12H25BrO3. The highest BCUT2D eigenvalue weighted by atomic mass is 79.9. The Kier molecular flexibility index (Phi) is 12.1. The maximum atomic E-state index is 5.61. The molecule has 3 nitrogen and oxygen atoms in total. The first kappa shape index (κ1) is 16.4. The lowest BCUT2D eigenvalue weighted by Crippen LogP contribution is -2.18. The molecule has 0 fully saturated rings. The number of ether oxygens (including phenoxy) is 3. The third-order valence-corrected chi connectivity index (χ3v) is 3.31. The first-order valence-corrected chi connectivity index (χ1v) is 7.04. The predicted octanol–water partition coefficient (Wildman–Crippen LogP) is 2.72. The smallest absolute Gasteiger partial charge is 0.0700 e. The van der Waals surface area contributed by atoms with E-state index in [2.05, 4.69) is 29.8 Å². The molecule has 0 saturated carbocycles. The van der Waals surface area contributed by atoms with E-state index in [1.807, 2.05) is 0 Å². The van der Waals surface area contributed by atoms with Gasteiger partial charge in [0, 0.05) is 25.7 Å². The van der Waals surface area contributed by atoms with Crippen molar-refractivity contribution in [3.05, 3.63) is 0 Å². The summed E-state index contributed by atoms with van der Waals surface area (Å²) in [6.07, 6.45) is 0.955. The Hall–Kier alpha value is 0.360. The number of methoxy groups -OCH3 is 1. The van der Waals surface area contributed by atoms with Gasteiger partial charge in [-0.3, -0.25) is 0 Å². The lowest BCUT2D eigenvalue weighted by atomic mass is 9.99. The maximum Gasteiger partial charge on any atom is 0.0700 e. The SMILES string of the molecule is COCCOCCCOCC(CBr)C(C)C. The minimum atomic E-state index is 0.606. The van der Waals surface area contributed by atoms with Crippen molar-refractivity contribution in [3.63, 3.8) is 0 Å². The molecule has 98 valence electrons. The van der Waals surface area contributed by atoms with Gasteiger partial charge in [-0.2, -0.15) is 0 Å². The molecule has 0 aromatic rings. The Morgan fingerprint density at radius 3 is 2.25 bits per heavy atom. The highest BCUT2D eigenvalue weighted by Crippen LogP contribution is 2.13. The van der Waals surface area contributed by atoms with Gasteiger partial charge in [0.05, 0.1) is 19.8 Å². The van der Waals surface area contributed by atoms with Gasteiger partial charge in [-0.15, -0.1) is 0 Å². The average Bonchev–Trinajstić information content (AvgIpc) is 2.26. The van der Waals surface area contributed by atoms with Gasteiger partial charge in [-0.05, 0) is 18.3 Å². The van der Waals surface area contributed by atoms with Crippen LogP contribution in [0.2, 0.25) is 0 Å². The van der Waals surface area contributed by atoms with Crippen molar-refractivity contribution < 1.29 is 14.2 Å². The van der Waals surface area contributed by atoms with Gasteiger partial charge in [0.25, 0.3) is 0 Å². The van der Waals surface area contributed by atoms with E-state index >= 15 is 0 Å². The molecule has 16 heavy (non-hydrogen) atoms. The number of hydrogen-bond acceptors (Lipinski definition) is 3. The summed E-state index contributed by atoms with van der Waals surface area (Å²) in [6, 6.07) is 0. The van der Waals surface area contributed by atoms with Crippen LogP contribution < -0.4 is 0 Å². The fourth-order valence-corrected chi connectivity index (χ4v) is 2.09. The van der Waals surface area contributed by atoms with Crippen molar-refractivity contribution in [2.45, 2.75) is 20.3 Å². The number of halogens is 1. The Bertz CT molecular complexity index is 142. The summed E-state index contributed by atoms with van der Waals surface area (Å²) in [4.78, 5) is 0.